The van der Waals surface area contributed by atoms with Gasteiger partial charge in [0.25, 0.3) is 0 Å². The minimum absolute atomic E-state index is 0.0499. The molecular weight excluding hydrogens is 330 g/mol. The van der Waals surface area contributed by atoms with Crippen molar-refractivity contribution in [2.45, 2.75) is 110 Å². The highest BCUT2D eigenvalue weighted by molar-refractivity contribution is 6.74. The van der Waals surface area contributed by atoms with Crippen LogP contribution in [0.1, 0.15) is 67.7 Å². The predicted octanol–water partition coefficient (Wildman–Crippen LogP) is 5.49. The smallest absolute Gasteiger partial charge is 0.411 e. The highest BCUT2D eigenvalue weighted by Crippen LogP contribution is 2.45. The molecule has 0 aromatic rings. The number of ether oxygens (including phenoxy) is 1. The monoisotopic (exact) mass is 367 g/mol. The Morgan fingerprint density at radius 2 is 1.84 bits per heavy atom. The molecule has 0 saturated carbocycles. The summed E-state index contributed by atoms with van der Waals surface area (Å²) in [5.74, 6) is 0. The van der Waals surface area contributed by atoms with Crippen LogP contribution in [0.5, 0.6) is 0 Å². The standard InChI is InChI=1S/C20H37NO3Si/c1-10-11-14-12-15-13-16(24-25(8,9)20(5,6)7)17(14)21(15)18(22)23-19(2,3)4/h12,15-17H,10-11,13H2,1-9H3. The van der Waals surface area contributed by atoms with E-state index in [-0.39, 0.29) is 29.3 Å². The van der Waals surface area contributed by atoms with Crippen LogP contribution in [-0.4, -0.2) is 43.1 Å². The molecule has 1 fully saturated rings. The molecule has 0 aromatic heterocycles. The van der Waals surface area contributed by atoms with Gasteiger partial charge in [0, 0.05) is 0 Å². The normalized spacial score (nSPS) is 26.8. The first-order chi connectivity index (χ1) is 11.3. The summed E-state index contributed by atoms with van der Waals surface area (Å²) in [5, 5.41) is 0.167. The molecule has 4 nitrogen and oxygen atoms in total. The molecule has 0 aromatic carbocycles. The molecule has 144 valence electrons. The van der Waals surface area contributed by atoms with Crippen LogP contribution >= 0.6 is 0 Å². The van der Waals surface area contributed by atoms with Gasteiger partial charge in [-0.3, -0.25) is 4.90 Å². The summed E-state index contributed by atoms with van der Waals surface area (Å²) in [6, 6.07) is 0.171. The van der Waals surface area contributed by atoms with E-state index in [0.29, 0.717) is 0 Å². The zero-order valence-electron chi connectivity index (χ0n) is 17.6. The lowest BCUT2D eigenvalue weighted by atomic mass is 9.94. The van der Waals surface area contributed by atoms with Crippen molar-refractivity contribution in [3.63, 3.8) is 0 Å². The Kier molecular flexibility index (Phi) is 5.52. The lowest BCUT2D eigenvalue weighted by Gasteiger charge is -2.40. The van der Waals surface area contributed by atoms with Gasteiger partial charge in [-0.25, -0.2) is 4.79 Å². The topological polar surface area (TPSA) is 38.8 Å². The number of carbonyl (C=O) groups is 1. The van der Waals surface area contributed by atoms with E-state index in [4.69, 9.17) is 9.16 Å². The Morgan fingerprint density at radius 3 is 2.32 bits per heavy atom. The van der Waals surface area contributed by atoms with Crippen molar-refractivity contribution in [2.75, 3.05) is 0 Å². The Balaban J connectivity index is 2.22. The second-order valence-corrected chi connectivity index (χ2v) is 14.8. The maximum atomic E-state index is 12.8. The Labute approximate surface area is 155 Å². The first-order valence-electron chi connectivity index (χ1n) is 9.66. The largest absolute Gasteiger partial charge is 0.444 e. The van der Waals surface area contributed by atoms with Crippen LogP contribution < -0.4 is 0 Å². The molecule has 2 bridgehead atoms. The van der Waals surface area contributed by atoms with E-state index in [0.717, 1.165) is 19.3 Å². The molecule has 0 radical (unpaired) electrons. The van der Waals surface area contributed by atoms with Gasteiger partial charge < -0.3 is 9.16 Å². The van der Waals surface area contributed by atoms with Crippen LogP contribution in [0.3, 0.4) is 0 Å². The number of carbonyl (C=O) groups excluding carboxylic acids is 1. The van der Waals surface area contributed by atoms with Crippen molar-refractivity contribution in [1.82, 2.24) is 4.90 Å². The van der Waals surface area contributed by atoms with E-state index >= 15 is 0 Å². The number of hydrogen-bond donors (Lipinski definition) is 0. The minimum Gasteiger partial charge on any atom is -0.444 e. The van der Waals surface area contributed by atoms with Gasteiger partial charge in [-0.1, -0.05) is 40.2 Å². The third-order valence-electron chi connectivity index (χ3n) is 5.66. The van der Waals surface area contributed by atoms with Crippen molar-refractivity contribution in [1.29, 1.82) is 0 Å². The molecule has 5 heteroatoms. The number of amides is 1. The van der Waals surface area contributed by atoms with E-state index in [1.54, 1.807) is 0 Å². The van der Waals surface area contributed by atoms with Crippen LogP contribution in [0.15, 0.2) is 11.6 Å². The zero-order valence-corrected chi connectivity index (χ0v) is 18.6. The average Bonchev–Trinajstić information content (AvgIpc) is 2.89. The molecule has 2 aliphatic heterocycles. The summed E-state index contributed by atoms with van der Waals surface area (Å²) in [7, 11) is -1.88. The van der Waals surface area contributed by atoms with Crippen LogP contribution in [0.25, 0.3) is 0 Å². The molecule has 3 atom stereocenters. The third-order valence-corrected chi connectivity index (χ3v) is 10.2. The second kappa shape index (κ2) is 6.73. The highest BCUT2D eigenvalue weighted by Gasteiger charge is 2.53. The quantitative estimate of drug-likeness (QED) is 0.487. The molecule has 25 heavy (non-hydrogen) atoms. The predicted molar refractivity (Wildman–Crippen MR) is 105 cm³/mol. The fraction of sp³-hybridized carbons (Fsp3) is 0.850. The molecule has 2 heterocycles. The van der Waals surface area contributed by atoms with Crippen LogP contribution in [-0.2, 0) is 9.16 Å². The molecule has 1 saturated heterocycles. The lowest BCUT2D eigenvalue weighted by Crippen LogP contribution is -2.49. The summed E-state index contributed by atoms with van der Waals surface area (Å²) in [5.41, 5.74) is 0.883. The van der Waals surface area contributed by atoms with Gasteiger partial charge in [-0.05, 0) is 57.3 Å². The first-order valence-corrected chi connectivity index (χ1v) is 12.6. The molecule has 0 spiro atoms. The number of hydrogen-bond acceptors (Lipinski definition) is 3. The van der Waals surface area contributed by atoms with Crippen LogP contribution in [0, 0.1) is 0 Å². The van der Waals surface area contributed by atoms with Crippen molar-refractivity contribution in [3.8, 4) is 0 Å². The zero-order chi connectivity index (χ0) is 19.2. The Bertz CT molecular complexity index is 542. The average molecular weight is 368 g/mol. The van der Waals surface area contributed by atoms with E-state index in [1.807, 2.05) is 25.7 Å². The first kappa shape index (κ1) is 20.5. The fourth-order valence-electron chi connectivity index (χ4n) is 3.53. The van der Waals surface area contributed by atoms with Gasteiger partial charge in [0.05, 0.1) is 18.2 Å². The van der Waals surface area contributed by atoms with Gasteiger partial charge in [-0.2, -0.15) is 0 Å². The Morgan fingerprint density at radius 1 is 1.24 bits per heavy atom. The van der Waals surface area contributed by atoms with Gasteiger partial charge in [0.1, 0.15) is 5.60 Å². The van der Waals surface area contributed by atoms with Crippen molar-refractivity contribution < 1.29 is 14.0 Å². The van der Waals surface area contributed by atoms with Crippen molar-refractivity contribution in [2.24, 2.45) is 0 Å². The lowest BCUT2D eigenvalue weighted by molar-refractivity contribution is 0.0188. The Hall–Kier alpha value is -0.813. The van der Waals surface area contributed by atoms with Gasteiger partial charge in [-0.15, -0.1) is 0 Å². The SMILES string of the molecule is CCCC1=CC2CC(O[Si](C)(C)C(C)(C)C)C1N2C(=O)OC(C)(C)C. The summed E-state index contributed by atoms with van der Waals surface area (Å²) in [6.07, 6.45) is 5.19. The van der Waals surface area contributed by atoms with Crippen molar-refractivity contribution in [3.05, 3.63) is 11.6 Å². The number of nitrogens with zero attached hydrogens (tertiary/aromatic N) is 1. The van der Waals surface area contributed by atoms with E-state index < -0.39 is 13.9 Å². The van der Waals surface area contributed by atoms with E-state index in [1.165, 1.54) is 5.57 Å². The molecule has 2 aliphatic rings. The van der Waals surface area contributed by atoms with Gasteiger partial charge in [0.15, 0.2) is 8.32 Å². The molecule has 1 amide bonds. The third kappa shape index (κ3) is 4.30. The molecule has 3 unspecified atom stereocenters. The number of fused-ring (bicyclic) bond motifs is 2. The highest BCUT2D eigenvalue weighted by atomic mass is 28.4. The van der Waals surface area contributed by atoms with Crippen molar-refractivity contribution >= 4 is 14.4 Å². The van der Waals surface area contributed by atoms with Crippen LogP contribution in [0.4, 0.5) is 4.79 Å². The molecule has 0 N–H and O–H groups in total. The van der Waals surface area contributed by atoms with Gasteiger partial charge in [0.2, 0.25) is 0 Å². The molecule has 2 rings (SSSR count). The molecule has 0 aliphatic carbocycles. The second-order valence-electron chi connectivity index (χ2n) is 10.0. The van der Waals surface area contributed by atoms with Crippen LogP contribution in [0.2, 0.25) is 18.1 Å². The summed E-state index contributed by atoms with van der Waals surface area (Å²) >= 11 is 0. The fourth-order valence-corrected chi connectivity index (χ4v) is 4.86. The summed E-state index contributed by atoms with van der Waals surface area (Å²) in [6.45, 7) is 19.3. The molecular formula is C20H37NO3Si. The number of rotatable bonds is 4. The maximum absolute atomic E-state index is 12.8. The summed E-state index contributed by atoms with van der Waals surface area (Å²) < 4.78 is 12.4. The van der Waals surface area contributed by atoms with Gasteiger partial charge >= 0.3 is 6.09 Å². The maximum Gasteiger partial charge on any atom is 0.411 e. The summed E-state index contributed by atoms with van der Waals surface area (Å²) in [4.78, 5) is 14.7. The minimum atomic E-state index is -1.88. The van der Waals surface area contributed by atoms with E-state index in [9.17, 15) is 4.79 Å². The van der Waals surface area contributed by atoms with E-state index in [2.05, 4.69) is 46.9 Å².